The minimum atomic E-state index is -3.82. The maximum absolute atomic E-state index is 13.0. The molecule has 0 aliphatic rings. The van der Waals surface area contributed by atoms with Crippen molar-refractivity contribution in [2.75, 3.05) is 27.3 Å². The molecule has 0 aliphatic carbocycles. The molecule has 0 saturated heterocycles. The van der Waals surface area contributed by atoms with E-state index in [-0.39, 0.29) is 11.4 Å². The summed E-state index contributed by atoms with van der Waals surface area (Å²) in [4.78, 5) is 12.5. The van der Waals surface area contributed by atoms with E-state index < -0.39 is 15.9 Å². The summed E-state index contributed by atoms with van der Waals surface area (Å²) < 4.78 is 37.7. The van der Waals surface area contributed by atoms with Crippen LogP contribution in [-0.2, 0) is 14.8 Å². The number of carbonyl (C=O) groups excluding carboxylic acids is 1. The second kappa shape index (κ2) is 10.4. The number of amides is 1. The van der Waals surface area contributed by atoms with Gasteiger partial charge in [-0.15, -0.1) is 0 Å². The molecule has 8 nitrogen and oxygen atoms in total. The predicted octanol–water partition coefficient (Wildman–Crippen LogP) is 2.79. The molecule has 0 saturated carbocycles. The third kappa shape index (κ3) is 6.05. The highest BCUT2D eigenvalue weighted by Gasteiger charge is 2.26. The molecule has 0 heterocycles. The van der Waals surface area contributed by atoms with Gasteiger partial charge in [0, 0.05) is 7.05 Å². The molecule has 0 atom stereocenters. The second-order valence-corrected chi connectivity index (χ2v) is 9.11. The van der Waals surface area contributed by atoms with E-state index in [1.54, 1.807) is 32.0 Å². The van der Waals surface area contributed by atoms with Gasteiger partial charge >= 0.3 is 0 Å². The molecule has 2 aromatic rings. The summed E-state index contributed by atoms with van der Waals surface area (Å²) in [5.41, 5.74) is 5.31. The lowest BCUT2D eigenvalue weighted by molar-refractivity contribution is -0.121. The number of nitrogens with zero attached hydrogens (tertiary/aromatic N) is 2. The Morgan fingerprint density at radius 3 is 2.35 bits per heavy atom. The van der Waals surface area contributed by atoms with E-state index in [0.29, 0.717) is 34.8 Å². The molecule has 0 spiro atoms. The van der Waals surface area contributed by atoms with Gasteiger partial charge in [0.05, 0.1) is 31.4 Å². The number of sulfonamides is 1. The SMILES string of the molecule is CCOc1ccc(/C=N\NC(=O)CN(C)S(=O)(=O)c2c(C)cc(C)cc2C)cc1OC. The zero-order valence-corrected chi connectivity index (χ0v) is 19.5. The Morgan fingerprint density at radius 1 is 1.13 bits per heavy atom. The van der Waals surface area contributed by atoms with Crippen molar-refractivity contribution >= 4 is 22.1 Å². The third-order valence-corrected chi connectivity index (χ3v) is 6.64. The molecule has 0 aliphatic heterocycles. The van der Waals surface area contributed by atoms with Crippen LogP contribution in [0.4, 0.5) is 0 Å². The van der Waals surface area contributed by atoms with Crippen LogP contribution in [0.25, 0.3) is 0 Å². The van der Waals surface area contributed by atoms with E-state index in [1.807, 2.05) is 26.0 Å². The fourth-order valence-electron chi connectivity index (χ4n) is 3.27. The van der Waals surface area contributed by atoms with Gasteiger partial charge in [0.1, 0.15) is 0 Å². The monoisotopic (exact) mass is 447 g/mol. The van der Waals surface area contributed by atoms with Crippen molar-refractivity contribution < 1.29 is 22.7 Å². The van der Waals surface area contributed by atoms with Crippen LogP contribution in [0.2, 0.25) is 0 Å². The van der Waals surface area contributed by atoms with E-state index in [2.05, 4.69) is 10.5 Å². The number of rotatable bonds is 9. The number of hydrogen-bond acceptors (Lipinski definition) is 6. The predicted molar refractivity (Wildman–Crippen MR) is 120 cm³/mol. The van der Waals surface area contributed by atoms with Crippen molar-refractivity contribution in [3.63, 3.8) is 0 Å². The second-order valence-electron chi connectivity index (χ2n) is 7.13. The highest BCUT2D eigenvalue weighted by atomic mass is 32.2. The van der Waals surface area contributed by atoms with Crippen LogP contribution in [0.15, 0.2) is 40.3 Å². The first-order valence-corrected chi connectivity index (χ1v) is 11.2. The van der Waals surface area contributed by atoms with Gasteiger partial charge in [0.15, 0.2) is 11.5 Å². The van der Waals surface area contributed by atoms with E-state index in [1.165, 1.54) is 20.4 Å². The highest BCUT2D eigenvalue weighted by molar-refractivity contribution is 7.89. The van der Waals surface area contributed by atoms with Crippen molar-refractivity contribution in [1.82, 2.24) is 9.73 Å². The highest BCUT2D eigenvalue weighted by Crippen LogP contribution is 2.27. The molecule has 168 valence electrons. The van der Waals surface area contributed by atoms with Crippen molar-refractivity contribution in [2.24, 2.45) is 5.10 Å². The zero-order chi connectivity index (χ0) is 23.2. The number of methoxy groups -OCH3 is 1. The molecular weight excluding hydrogens is 418 g/mol. The van der Waals surface area contributed by atoms with Crippen LogP contribution < -0.4 is 14.9 Å². The van der Waals surface area contributed by atoms with Crippen molar-refractivity contribution in [3.05, 3.63) is 52.6 Å². The summed E-state index contributed by atoms with van der Waals surface area (Å²) in [7, 11) is -0.913. The lowest BCUT2D eigenvalue weighted by Gasteiger charge is -2.19. The summed E-state index contributed by atoms with van der Waals surface area (Å²) in [6.07, 6.45) is 1.44. The van der Waals surface area contributed by atoms with Crippen molar-refractivity contribution in [2.45, 2.75) is 32.6 Å². The summed E-state index contributed by atoms with van der Waals surface area (Å²) in [6.45, 7) is 7.43. The molecule has 9 heteroatoms. The Labute approximate surface area is 183 Å². The molecule has 0 aromatic heterocycles. The minimum Gasteiger partial charge on any atom is -0.493 e. The first kappa shape index (κ1) is 24.4. The Balaban J connectivity index is 2.06. The van der Waals surface area contributed by atoms with Crippen LogP contribution in [-0.4, -0.2) is 52.2 Å². The Morgan fingerprint density at radius 2 is 1.77 bits per heavy atom. The Bertz CT molecular complexity index is 1060. The average molecular weight is 448 g/mol. The van der Waals surface area contributed by atoms with Crippen LogP contribution >= 0.6 is 0 Å². The summed E-state index contributed by atoms with van der Waals surface area (Å²) in [5.74, 6) is 0.606. The third-order valence-electron chi connectivity index (χ3n) is 4.53. The molecule has 0 radical (unpaired) electrons. The van der Waals surface area contributed by atoms with Gasteiger partial charge < -0.3 is 9.47 Å². The largest absolute Gasteiger partial charge is 0.493 e. The number of aryl methyl sites for hydroxylation is 3. The lowest BCUT2D eigenvalue weighted by Crippen LogP contribution is -2.37. The summed E-state index contributed by atoms with van der Waals surface area (Å²) in [6, 6.07) is 8.85. The molecule has 1 N–H and O–H groups in total. The number of likely N-dealkylation sites (N-methyl/N-ethyl adjacent to an activating group) is 1. The van der Waals surface area contributed by atoms with Gasteiger partial charge in [-0.05, 0) is 62.6 Å². The number of nitrogens with one attached hydrogen (secondary N) is 1. The first-order chi connectivity index (χ1) is 14.6. The maximum atomic E-state index is 13.0. The standard InChI is InChI=1S/C22H29N3O5S/c1-7-30-19-9-8-18(12-20(19)29-6)13-23-24-21(26)14-25(5)31(27,28)22-16(3)10-15(2)11-17(22)4/h8-13H,7,14H2,1-6H3,(H,24,26)/b23-13-. The summed E-state index contributed by atoms with van der Waals surface area (Å²) >= 11 is 0. The molecule has 0 unspecified atom stereocenters. The molecular formula is C22H29N3O5S. The average Bonchev–Trinajstić information content (AvgIpc) is 2.68. The molecule has 2 aromatic carbocycles. The van der Waals surface area contributed by atoms with Gasteiger partial charge in [-0.1, -0.05) is 17.7 Å². The van der Waals surface area contributed by atoms with Crippen LogP contribution in [0, 0.1) is 20.8 Å². The fourth-order valence-corrected chi connectivity index (χ4v) is 4.80. The van der Waals surface area contributed by atoms with E-state index in [0.717, 1.165) is 9.87 Å². The van der Waals surface area contributed by atoms with Gasteiger partial charge in [0.2, 0.25) is 10.0 Å². The van der Waals surface area contributed by atoms with Crippen LogP contribution in [0.5, 0.6) is 11.5 Å². The lowest BCUT2D eigenvalue weighted by atomic mass is 10.1. The minimum absolute atomic E-state index is 0.221. The maximum Gasteiger partial charge on any atom is 0.255 e. The number of benzene rings is 2. The Kier molecular flexibility index (Phi) is 8.18. The molecule has 2 rings (SSSR count). The first-order valence-electron chi connectivity index (χ1n) is 9.77. The molecule has 0 bridgehead atoms. The van der Waals surface area contributed by atoms with Gasteiger partial charge in [0.25, 0.3) is 5.91 Å². The quantitative estimate of drug-likeness (QED) is 0.471. The number of hydrogen-bond donors (Lipinski definition) is 1. The normalized spacial score (nSPS) is 11.7. The molecule has 0 fully saturated rings. The number of carbonyl (C=O) groups is 1. The number of ether oxygens (including phenoxy) is 2. The zero-order valence-electron chi connectivity index (χ0n) is 18.7. The molecule has 31 heavy (non-hydrogen) atoms. The van der Waals surface area contributed by atoms with E-state index in [4.69, 9.17) is 9.47 Å². The van der Waals surface area contributed by atoms with Crippen molar-refractivity contribution in [1.29, 1.82) is 0 Å². The topological polar surface area (TPSA) is 97.3 Å². The Hall–Kier alpha value is -2.91. The summed E-state index contributed by atoms with van der Waals surface area (Å²) in [5, 5.41) is 3.90. The number of hydrazone groups is 1. The van der Waals surface area contributed by atoms with Gasteiger partial charge in [-0.25, -0.2) is 13.8 Å². The van der Waals surface area contributed by atoms with Gasteiger partial charge in [-0.2, -0.15) is 9.41 Å². The van der Waals surface area contributed by atoms with E-state index in [9.17, 15) is 13.2 Å². The molecule has 1 amide bonds. The smallest absolute Gasteiger partial charge is 0.255 e. The van der Waals surface area contributed by atoms with Crippen molar-refractivity contribution in [3.8, 4) is 11.5 Å². The van der Waals surface area contributed by atoms with Gasteiger partial charge in [-0.3, -0.25) is 4.79 Å². The van der Waals surface area contributed by atoms with Crippen LogP contribution in [0.3, 0.4) is 0 Å². The van der Waals surface area contributed by atoms with E-state index >= 15 is 0 Å². The fraction of sp³-hybridized carbons (Fsp3) is 0.364. The van der Waals surface area contributed by atoms with Crippen LogP contribution in [0.1, 0.15) is 29.2 Å².